The van der Waals surface area contributed by atoms with E-state index in [1.807, 2.05) is 0 Å². The topological polar surface area (TPSA) is 41.9 Å². The molecule has 2 aliphatic heterocycles. The normalized spacial score (nSPS) is 26.7. The van der Waals surface area contributed by atoms with Crippen LogP contribution in [0.2, 0.25) is 0 Å². The van der Waals surface area contributed by atoms with Crippen LogP contribution in [-0.2, 0) is 21.6 Å². The van der Waals surface area contributed by atoms with Crippen LogP contribution >= 0.6 is 0 Å². The standard InChI is InChI=1S/C20H29NO3/c22-19(7-9-20(10-8-19)23-13-14-24-20)18-6-4-5-17(15-18)16-21-11-2-1-3-12-21/h4-6,15,22H,1-3,7-14,16H2. The van der Waals surface area contributed by atoms with Crippen molar-refractivity contribution >= 4 is 0 Å². The number of likely N-dealkylation sites (tertiary alicyclic amines) is 1. The lowest BCUT2D eigenvalue weighted by atomic mass is 9.77. The molecule has 24 heavy (non-hydrogen) atoms. The first kappa shape index (κ1) is 16.5. The lowest BCUT2D eigenvalue weighted by Crippen LogP contribution is -2.42. The van der Waals surface area contributed by atoms with Gasteiger partial charge in [-0.05, 0) is 49.9 Å². The van der Waals surface area contributed by atoms with Crippen LogP contribution in [0, 0.1) is 0 Å². The molecule has 3 fully saturated rings. The Kier molecular flexibility index (Phi) is 4.65. The molecule has 1 spiro atoms. The molecule has 0 aromatic heterocycles. The van der Waals surface area contributed by atoms with Crippen molar-refractivity contribution in [1.29, 1.82) is 0 Å². The second-order valence-electron chi connectivity index (χ2n) is 7.68. The summed E-state index contributed by atoms with van der Waals surface area (Å²) in [5.41, 5.74) is 1.64. The zero-order valence-electron chi connectivity index (χ0n) is 14.5. The van der Waals surface area contributed by atoms with Gasteiger partial charge < -0.3 is 14.6 Å². The number of piperidine rings is 1. The largest absolute Gasteiger partial charge is 0.385 e. The lowest BCUT2D eigenvalue weighted by Gasteiger charge is -2.41. The number of nitrogens with zero attached hydrogens (tertiary/aromatic N) is 1. The molecule has 1 N–H and O–H groups in total. The number of hydrogen-bond acceptors (Lipinski definition) is 4. The van der Waals surface area contributed by atoms with Gasteiger partial charge in [-0.2, -0.15) is 0 Å². The molecule has 1 aromatic rings. The monoisotopic (exact) mass is 331 g/mol. The minimum atomic E-state index is -0.738. The van der Waals surface area contributed by atoms with Crippen molar-refractivity contribution in [2.45, 2.75) is 62.9 Å². The van der Waals surface area contributed by atoms with Gasteiger partial charge in [0.1, 0.15) is 0 Å². The van der Waals surface area contributed by atoms with Gasteiger partial charge in [-0.1, -0.05) is 30.7 Å². The molecule has 1 aliphatic carbocycles. The lowest BCUT2D eigenvalue weighted by molar-refractivity contribution is -0.204. The second-order valence-corrected chi connectivity index (χ2v) is 7.68. The van der Waals surface area contributed by atoms with E-state index in [1.54, 1.807) is 0 Å². The van der Waals surface area contributed by atoms with Crippen molar-refractivity contribution in [3.63, 3.8) is 0 Å². The first-order valence-electron chi connectivity index (χ1n) is 9.50. The van der Waals surface area contributed by atoms with Gasteiger partial charge >= 0.3 is 0 Å². The summed E-state index contributed by atoms with van der Waals surface area (Å²) >= 11 is 0. The highest BCUT2D eigenvalue weighted by Gasteiger charge is 2.46. The van der Waals surface area contributed by atoms with Gasteiger partial charge in [0.05, 0.1) is 18.8 Å². The Balaban J connectivity index is 1.44. The molecule has 0 atom stereocenters. The van der Waals surface area contributed by atoms with Crippen LogP contribution in [-0.4, -0.2) is 42.1 Å². The number of benzene rings is 1. The first-order valence-corrected chi connectivity index (χ1v) is 9.50. The van der Waals surface area contributed by atoms with Crippen LogP contribution in [0.5, 0.6) is 0 Å². The van der Waals surface area contributed by atoms with E-state index in [-0.39, 0.29) is 0 Å². The quantitative estimate of drug-likeness (QED) is 0.924. The SMILES string of the molecule is OC1(c2cccc(CN3CCCCC3)c2)CCC2(CC1)OCCO2. The molecule has 0 bridgehead atoms. The third kappa shape index (κ3) is 3.38. The number of hydrogen-bond donors (Lipinski definition) is 1. The summed E-state index contributed by atoms with van der Waals surface area (Å²) in [5, 5.41) is 11.2. The molecule has 1 aromatic carbocycles. The summed E-state index contributed by atoms with van der Waals surface area (Å²) in [6.07, 6.45) is 6.96. The zero-order valence-corrected chi connectivity index (χ0v) is 14.5. The fourth-order valence-corrected chi connectivity index (χ4v) is 4.45. The van der Waals surface area contributed by atoms with E-state index >= 15 is 0 Å². The molecule has 4 nitrogen and oxygen atoms in total. The highest BCUT2D eigenvalue weighted by molar-refractivity contribution is 5.29. The molecule has 1 saturated carbocycles. The van der Waals surface area contributed by atoms with E-state index in [9.17, 15) is 5.11 Å². The van der Waals surface area contributed by atoms with Crippen LogP contribution < -0.4 is 0 Å². The van der Waals surface area contributed by atoms with Crippen molar-refractivity contribution in [3.8, 4) is 0 Å². The van der Waals surface area contributed by atoms with E-state index in [4.69, 9.17) is 9.47 Å². The average molecular weight is 331 g/mol. The fourth-order valence-electron chi connectivity index (χ4n) is 4.45. The Morgan fingerprint density at radius 3 is 2.38 bits per heavy atom. The molecule has 4 heteroatoms. The van der Waals surface area contributed by atoms with E-state index in [1.165, 1.54) is 37.9 Å². The maximum absolute atomic E-state index is 11.2. The second kappa shape index (κ2) is 6.75. The predicted molar refractivity (Wildman–Crippen MR) is 92.6 cm³/mol. The summed E-state index contributed by atoms with van der Waals surface area (Å²) in [5.74, 6) is -0.419. The van der Waals surface area contributed by atoms with Gasteiger partial charge in [-0.15, -0.1) is 0 Å². The number of ether oxygens (including phenoxy) is 2. The van der Waals surface area contributed by atoms with E-state index in [0.717, 1.165) is 24.9 Å². The third-order valence-corrected chi connectivity index (χ3v) is 5.97. The Bertz CT molecular complexity index is 552. The van der Waals surface area contributed by atoms with Crippen molar-refractivity contribution in [3.05, 3.63) is 35.4 Å². The summed E-state index contributed by atoms with van der Waals surface area (Å²) in [4.78, 5) is 2.53. The third-order valence-electron chi connectivity index (χ3n) is 5.97. The smallest absolute Gasteiger partial charge is 0.168 e. The molecule has 2 heterocycles. The molecule has 0 radical (unpaired) electrons. The summed E-state index contributed by atoms with van der Waals surface area (Å²) in [6.45, 7) is 4.77. The molecular formula is C20H29NO3. The van der Waals surface area contributed by atoms with E-state index < -0.39 is 11.4 Å². The summed E-state index contributed by atoms with van der Waals surface area (Å²) < 4.78 is 11.6. The van der Waals surface area contributed by atoms with Crippen LogP contribution in [0.3, 0.4) is 0 Å². The minimum absolute atomic E-state index is 0.419. The van der Waals surface area contributed by atoms with Crippen molar-refractivity contribution < 1.29 is 14.6 Å². The van der Waals surface area contributed by atoms with Gasteiger partial charge in [-0.25, -0.2) is 0 Å². The number of aliphatic hydroxyl groups is 1. The van der Waals surface area contributed by atoms with Crippen LogP contribution in [0.15, 0.2) is 24.3 Å². The maximum atomic E-state index is 11.2. The minimum Gasteiger partial charge on any atom is -0.385 e. The van der Waals surface area contributed by atoms with Gasteiger partial charge in [0.25, 0.3) is 0 Å². The zero-order chi connectivity index (χ0) is 16.5. The summed E-state index contributed by atoms with van der Waals surface area (Å²) in [7, 11) is 0. The van der Waals surface area contributed by atoms with Crippen LogP contribution in [0.25, 0.3) is 0 Å². The van der Waals surface area contributed by atoms with E-state index in [0.29, 0.717) is 26.1 Å². The molecule has 4 rings (SSSR count). The van der Waals surface area contributed by atoms with Crippen molar-refractivity contribution in [2.75, 3.05) is 26.3 Å². The molecule has 0 amide bonds. The Hall–Kier alpha value is -0.940. The fraction of sp³-hybridized carbons (Fsp3) is 0.700. The molecule has 0 unspecified atom stereocenters. The van der Waals surface area contributed by atoms with Crippen LogP contribution in [0.4, 0.5) is 0 Å². The molecule has 3 aliphatic rings. The number of rotatable bonds is 3. The first-order chi connectivity index (χ1) is 11.7. The predicted octanol–water partition coefficient (Wildman–Crippen LogP) is 3.18. The highest BCUT2D eigenvalue weighted by Crippen LogP contribution is 2.44. The molecule has 132 valence electrons. The highest BCUT2D eigenvalue weighted by atomic mass is 16.7. The van der Waals surface area contributed by atoms with Gasteiger partial charge in [-0.3, -0.25) is 4.90 Å². The van der Waals surface area contributed by atoms with E-state index in [2.05, 4.69) is 29.2 Å². The average Bonchev–Trinajstić information content (AvgIpc) is 3.08. The van der Waals surface area contributed by atoms with Gasteiger partial charge in [0.15, 0.2) is 5.79 Å². The summed E-state index contributed by atoms with van der Waals surface area (Å²) in [6, 6.07) is 8.57. The Morgan fingerprint density at radius 1 is 0.958 bits per heavy atom. The van der Waals surface area contributed by atoms with Crippen molar-refractivity contribution in [1.82, 2.24) is 4.90 Å². The van der Waals surface area contributed by atoms with Crippen LogP contribution in [0.1, 0.15) is 56.1 Å². The van der Waals surface area contributed by atoms with Crippen molar-refractivity contribution in [2.24, 2.45) is 0 Å². The Labute approximate surface area is 144 Å². The van der Waals surface area contributed by atoms with Gasteiger partial charge in [0.2, 0.25) is 0 Å². The maximum Gasteiger partial charge on any atom is 0.168 e. The van der Waals surface area contributed by atoms with Gasteiger partial charge in [0, 0.05) is 19.4 Å². The molecule has 2 saturated heterocycles. The molecular weight excluding hydrogens is 302 g/mol. The Morgan fingerprint density at radius 2 is 1.67 bits per heavy atom.